The number of imidazole rings is 1. The van der Waals surface area contributed by atoms with Crippen LogP contribution in [0.3, 0.4) is 0 Å². The van der Waals surface area contributed by atoms with Gasteiger partial charge in [-0.1, -0.05) is 0 Å². The summed E-state index contributed by atoms with van der Waals surface area (Å²) in [7, 11) is 1.75. The maximum Gasteiger partial charge on any atom is 0.243 e. The van der Waals surface area contributed by atoms with Crippen LogP contribution >= 0.6 is 10.7 Å². The first-order valence-electron chi connectivity index (χ1n) is 4.48. The molecule has 0 saturated carbocycles. The molecule has 1 aromatic rings. The molecule has 1 heterocycles. The molecule has 0 aliphatic carbocycles. The number of halogens is 1. The van der Waals surface area contributed by atoms with Crippen molar-refractivity contribution in [2.24, 2.45) is 0 Å². The minimum atomic E-state index is -3.34. The molecule has 4 nitrogen and oxygen atoms in total. The fraction of sp³-hybridized carbons (Fsp3) is 0.625. The van der Waals surface area contributed by atoms with E-state index in [1.54, 1.807) is 0 Å². The predicted octanol–water partition coefficient (Wildman–Crippen LogP) is 0.754. The van der Waals surface area contributed by atoms with Gasteiger partial charge in [-0.2, -0.15) is 0 Å². The van der Waals surface area contributed by atoms with Gasteiger partial charge in [0.05, 0.1) is 18.8 Å². The van der Waals surface area contributed by atoms with Crippen molar-refractivity contribution in [2.45, 2.75) is 26.4 Å². The molecule has 14 heavy (non-hydrogen) atoms. The van der Waals surface area contributed by atoms with Gasteiger partial charge in [-0.25, -0.2) is 17.6 Å². The minimum Gasteiger partial charge on any atom is -0.237 e. The molecule has 0 saturated heterocycles. The number of aryl methyl sites for hydroxylation is 2. The van der Waals surface area contributed by atoms with Crippen LogP contribution in [0.5, 0.6) is 0 Å². The van der Waals surface area contributed by atoms with Crippen molar-refractivity contribution in [3.63, 3.8) is 0 Å². The van der Waals surface area contributed by atoms with Gasteiger partial charge in [0, 0.05) is 17.1 Å². The summed E-state index contributed by atoms with van der Waals surface area (Å²) in [6, 6.07) is 0. The van der Waals surface area contributed by atoms with Crippen molar-refractivity contribution in [2.75, 3.05) is 5.75 Å². The Balaban J connectivity index is 2.39. The molecule has 0 aliphatic heterocycles. The summed E-state index contributed by atoms with van der Waals surface area (Å²) >= 11 is 0. The molecular formula is C8H14ClN2O2S+. The Morgan fingerprint density at radius 3 is 2.71 bits per heavy atom. The average molecular weight is 238 g/mol. The number of hydrogen-bond donors (Lipinski definition) is 0. The highest BCUT2D eigenvalue weighted by molar-refractivity contribution is 8.13. The van der Waals surface area contributed by atoms with Crippen molar-refractivity contribution in [1.29, 1.82) is 0 Å². The molecule has 0 fully saturated rings. The summed E-state index contributed by atoms with van der Waals surface area (Å²) in [5.41, 5.74) is 0. The van der Waals surface area contributed by atoms with Crippen LogP contribution in [-0.4, -0.2) is 18.7 Å². The second-order valence-electron chi connectivity index (χ2n) is 3.08. The monoisotopic (exact) mass is 237 g/mol. The Kier molecular flexibility index (Phi) is 3.95. The highest BCUT2D eigenvalue weighted by Crippen LogP contribution is 1.98. The van der Waals surface area contributed by atoms with E-state index in [1.165, 1.54) is 0 Å². The minimum absolute atomic E-state index is 0.0266. The van der Waals surface area contributed by atoms with Crippen LogP contribution in [0.25, 0.3) is 0 Å². The maximum atomic E-state index is 10.6. The smallest absolute Gasteiger partial charge is 0.237 e. The summed E-state index contributed by atoms with van der Waals surface area (Å²) in [4.78, 5) is 0. The van der Waals surface area contributed by atoms with E-state index < -0.39 is 9.05 Å². The van der Waals surface area contributed by atoms with Crippen molar-refractivity contribution in [3.8, 4) is 0 Å². The molecule has 0 atom stereocenters. The van der Waals surface area contributed by atoms with Gasteiger partial charge >= 0.3 is 0 Å². The first-order chi connectivity index (χ1) is 6.51. The summed E-state index contributed by atoms with van der Waals surface area (Å²) in [5, 5.41) is 0. The molecule has 1 rings (SSSR count). The van der Waals surface area contributed by atoms with Gasteiger partial charge in [-0.15, -0.1) is 0 Å². The zero-order chi connectivity index (χ0) is 10.6. The fourth-order valence-corrected chi connectivity index (χ4v) is 1.98. The number of nitrogens with zero attached hydrogens (tertiary/aromatic N) is 2. The van der Waals surface area contributed by atoms with Crippen LogP contribution in [0, 0.1) is 0 Å². The average Bonchev–Trinajstić information content (AvgIpc) is 2.50. The lowest BCUT2D eigenvalue weighted by molar-refractivity contribution is -0.696. The van der Waals surface area contributed by atoms with Gasteiger partial charge in [-0.3, -0.25) is 0 Å². The maximum absolute atomic E-state index is 10.6. The molecule has 0 bridgehead atoms. The second kappa shape index (κ2) is 4.79. The van der Waals surface area contributed by atoms with E-state index in [4.69, 9.17) is 10.7 Å². The Bertz CT molecular complexity index is 386. The molecule has 6 heteroatoms. The molecule has 0 spiro atoms. The van der Waals surface area contributed by atoms with Crippen molar-refractivity contribution >= 4 is 19.7 Å². The third kappa shape index (κ3) is 4.11. The van der Waals surface area contributed by atoms with Gasteiger partial charge < -0.3 is 0 Å². The van der Waals surface area contributed by atoms with E-state index in [-0.39, 0.29) is 5.75 Å². The van der Waals surface area contributed by atoms with Crippen LogP contribution in [-0.2, 0) is 22.1 Å². The largest absolute Gasteiger partial charge is 0.243 e. The van der Waals surface area contributed by atoms with Crippen LogP contribution in [0.15, 0.2) is 18.7 Å². The van der Waals surface area contributed by atoms with Gasteiger partial charge in [0.2, 0.25) is 15.4 Å². The zero-order valence-corrected chi connectivity index (χ0v) is 9.63. The van der Waals surface area contributed by atoms with E-state index in [9.17, 15) is 8.42 Å². The molecule has 0 unspecified atom stereocenters. The van der Waals surface area contributed by atoms with Crippen LogP contribution in [0.1, 0.15) is 13.3 Å². The van der Waals surface area contributed by atoms with E-state index >= 15 is 0 Å². The van der Waals surface area contributed by atoms with Crippen molar-refractivity contribution in [3.05, 3.63) is 18.7 Å². The summed E-state index contributed by atoms with van der Waals surface area (Å²) in [6.07, 6.45) is 6.37. The van der Waals surface area contributed by atoms with Gasteiger partial charge in [-0.05, 0) is 6.92 Å². The molecule has 80 valence electrons. The van der Waals surface area contributed by atoms with E-state index in [2.05, 4.69) is 0 Å². The lowest BCUT2D eigenvalue weighted by Crippen LogP contribution is -2.31. The Hall–Kier alpha value is -0.550. The lowest BCUT2D eigenvalue weighted by Gasteiger charge is -1.94. The summed E-state index contributed by atoms with van der Waals surface area (Å²) in [5.74, 6) is 0.0266. The Morgan fingerprint density at radius 2 is 2.21 bits per heavy atom. The zero-order valence-electron chi connectivity index (χ0n) is 8.06. The fourth-order valence-electron chi connectivity index (χ4n) is 1.18. The Morgan fingerprint density at radius 1 is 1.50 bits per heavy atom. The SMILES string of the molecule is CCn1cc[n+](CCCS(=O)(=O)Cl)c1. The normalized spacial score (nSPS) is 11.9. The molecule has 1 aromatic heterocycles. The standard InChI is InChI=1S/C8H14ClN2O2S/c1-2-10-5-6-11(8-10)4-3-7-14(9,12)13/h5-6,8H,2-4,7H2,1H3/q+1. The number of hydrogen-bond acceptors (Lipinski definition) is 2. The third-order valence-corrected chi connectivity index (χ3v) is 3.16. The summed E-state index contributed by atoms with van der Waals surface area (Å²) < 4.78 is 25.2. The molecule has 0 radical (unpaired) electrons. The van der Waals surface area contributed by atoms with Gasteiger partial charge in [0.15, 0.2) is 0 Å². The van der Waals surface area contributed by atoms with Gasteiger partial charge in [0.25, 0.3) is 0 Å². The number of aromatic nitrogens is 2. The quantitative estimate of drug-likeness (QED) is 0.561. The third-order valence-electron chi connectivity index (χ3n) is 1.92. The highest BCUT2D eigenvalue weighted by atomic mass is 35.7. The first kappa shape index (κ1) is 11.5. The van der Waals surface area contributed by atoms with Gasteiger partial charge in [0.1, 0.15) is 12.4 Å². The highest BCUT2D eigenvalue weighted by Gasteiger charge is 2.07. The molecule has 0 N–H and O–H groups in total. The van der Waals surface area contributed by atoms with Crippen LogP contribution in [0.4, 0.5) is 0 Å². The predicted molar refractivity (Wildman–Crippen MR) is 54.6 cm³/mol. The topological polar surface area (TPSA) is 43.0 Å². The van der Waals surface area contributed by atoms with Crippen molar-refractivity contribution in [1.82, 2.24) is 4.57 Å². The number of rotatable bonds is 5. The second-order valence-corrected chi connectivity index (χ2v) is 5.97. The van der Waals surface area contributed by atoms with Crippen molar-refractivity contribution < 1.29 is 13.0 Å². The lowest BCUT2D eigenvalue weighted by atomic mass is 10.5. The van der Waals surface area contributed by atoms with Crippen LogP contribution in [0.2, 0.25) is 0 Å². The first-order valence-corrected chi connectivity index (χ1v) is 6.96. The molecular weight excluding hydrogens is 224 g/mol. The summed E-state index contributed by atoms with van der Waals surface area (Å²) in [6.45, 7) is 3.65. The molecule has 0 aliphatic rings. The molecule has 0 aromatic carbocycles. The van der Waals surface area contributed by atoms with Crippen LogP contribution < -0.4 is 4.57 Å². The van der Waals surface area contributed by atoms with E-state index in [1.807, 2.05) is 34.8 Å². The molecule has 0 amide bonds. The van der Waals surface area contributed by atoms with E-state index in [0.717, 1.165) is 6.54 Å². The Labute approximate surface area is 88.5 Å². The van der Waals surface area contributed by atoms with E-state index in [0.29, 0.717) is 13.0 Å².